The second kappa shape index (κ2) is 12.0. The first-order valence-corrected chi connectivity index (χ1v) is 13.2. The molecule has 3 amide bonds. The lowest BCUT2D eigenvalue weighted by Gasteiger charge is -2.29. The molecular formula is C28H32N6O4. The highest BCUT2D eigenvalue weighted by Crippen LogP contribution is 2.30. The van der Waals surface area contributed by atoms with E-state index in [1.807, 2.05) is 24.3 Å². The minimum Gasteiger partial charge on any atom is -0.494 e. The van der Waals surface area contributed by atoms with Crippen LogP contribution < -0.4 is 15.4 Å². The molecule has 2 aliphatic rings. The van der Waals surface area contributed by atoms with Crippen molar-refractivity contribution in [3.05, 3.63) is 71.5 Å². The summed E-state index contributed by atoms with van der Waals surface area (Å²) in [6.07, 6.45) is 8.21. The van der Waals surface area contributed by atoms with Crippen LogP contribution in [0, 0.1) is 0 Å². The lowest BCUT2D eigenvalue weighted by atomic mass is 10.0. The highest BCUT2D eigenvalue weighted by molar-refractivity contribution is 6.05. The summed E-state index contributed by atoms with van der Waals surface area (Å²) in [5.74, 6) is -0.115. The molecule has 0 saturated carbocycles. The molecule has 0 bridgehead atoms. The smallest absolute Gasteiger partial charge is 0.255 e. The van der Waals surface area contributed by atoms with Crippen molar-refractivity contribution in [3.8, 4) is 11.4 Å². The zero-order chi connectivity index (χ0) is 26.3. The third kappa shape index (κ3) is 6.08. The van der Waals surface area contributed by atoms with Gasteiger partial charge in [0.05, 0.1) is 24.7 Å². The van der Waals surface area contributed by atoms with Gasteiger partial charge in [-0.2, -0.15) is 15.0 Å². The number of nitrogens with zero attached hydrogens (tertiary/aromatic N) is 4. The van der Waals surface area contributed by atoms with Crippen molar-refractivity contribution in [1.82, 2.24) is 30.5 Å². The van der Waals surface area contributed by atoms with Gasteiger partial charge in [-0.15, -0.1) is 0 Å². The van der Waals surface area contributed by atoms with Gasteiger partial charge in [-0.3, -0.25) is 19.7 Å². The van der Waals surface area contributed by atoms with E-state index in [0.717, 1.165) is 55.8 Å². The fraction of sp³-hybridized carbons (Fsp3) is 0.393. The van der Waals surface area contributed by atoms with Gasteiger partial charge in [-0.05, 0) is 67.3 Å². The van der Waals surface area contributed by atoms with Crippen LogP contribution in [-0.2, 0) is 22.7 Å². The van der Waals surface area contributed by atoms with Crippen LogP contribution in [0.3, 0.4) is 0 Å². The lowest BCUT2D eigenvalue weighted by molar-refractivity contribution is -0.136. The average Bonchev–Trinajstić information content (AvgIpc) is 3.57. The molecule has 0 radical (unpaired) electrons. The fourth-order valence-corrected chi connectivity index (χ4v) is 4.87. The Morgan fingerprint density at radius 1 is 0.974 bits per heavy atom. The Morgan fingerprint density at radius 3 is 2.55 bits per heavy atom. The summed E-state index contributed by atoms with van der Waals surface area (Å²) in [5, 5.41) is 14.1. The second-order valence-corrected chi connectivity index (χ2v) is 9.64. The maximum absolute atomic E-state index is 12.8. The number of amides is 3. The van der Waals surface area contributed by atoms with Crippen LogP contribution in [0.15, 0.2) is 54.9 Å². The van der Waals surface area contributed by atoms with E-state index >= 15 is 0 Å². The van der Waals surface area contributed by atoms with E-state index in [1.54, 1.807) is 28.2 Å². The molecule has 1 fully saturated rings. The molecule has 2 N–H and O–H groups in total. The SMILES string of the molecule is O=C1CCC(N2Cc3cc(OCCCCCCNCc4ccc(-n5nccn5)cc4)ccc3C2=O)C(=O)N1. The Morgan fingerprint density at radius 2 is 1.76 bits per heavy atom. The number of imide groups is 1. The molecule has 38 heavy (non-hydrogen) atoms. The summed E-state index contributed by atoms with van der Waals surface area (Å²) in [5.41, 5.74) is 3.63. The Balaban J connectivity index is 0.960. The number of ether oxygens (including phenoxy) is 1. The number of carbonyl (C=O) groups excluding carboxylic acids is 3. The van der Waals surface area contributed by atoms with Crippen LogP contribution in [0.2, 0.25) is 0 Å². The highest BCUT2D eigenvalue weighted by Gasteiger charge is 2.39. The van der Waals surface area contributed by atoms with Crippen LogP contribution in [0.4, 0.5) is 0 Å². The number of nitrogens with one attached hydrogen (secondary N) is 2. The van der Waals surface area contributed by atoms with E-state index in [-0.39, 0.29) is 18.2 Å². The molecule has 1 unspecified atom stereocenters. The van der Waals surface area contributed by atoms with E-state index in [0.29, 0.717) is 25.1 Å². The summed E-state index contributed by atoms with van der Waals surface area (Å²) in [6, 6.07) is 13.1. The predicted molar refractivity (Wildman–Crippen MR) is 140 cm³/mol. The van der Waals surface area contributed by atoms with Gasteiger partial charge in [-0.1, -0.05) is 25.0 Å². The largest absolute Gasteiger partial charge is 0.494 e. The van der Waals surface area contributed by atoms with Gasteiger partial charge in [0.1, 0.15) is 11.8 Å². The molecule has 10 heteroatoms. The first-order valence-electron chi connectivity index (χ1n) is 13.2. The molecule has 1 aromatic heterocycles. The summed E-state index contributed by atoms with van der Waals surface area (Å²) >= 11 is 0. The number of carbonyl (C=O) groups is 3. The number of hydrogen-bond donors (Lipinski definition) is 2. The third-order valence-electron chi connectivity index (χ3n) is 6.93. The first kappa shape index (κ1) is 25.6. The minimum absolute atomic E-state index is 0.168. The summed E-state index contributed by atoms with van der Waals surface area (Å²) in [7, 11) is 0. The molecule has 1 atom stereocenters. The average molecular weight is 517 g/mol. The van der Waals surface area contributed by atoms with Crippen molar-refractivity contribution in [2.45, 2.75) is 57.7 Å². The quantitative estimate of drug-likeness (QED) is 0.281. The zero-order valence-corrected chi connectivity index (χ0v) is 21.3. The molecule has 2 aliphatic heterocycles. The van der Waals surface area contributed by atoms with E-state index in [1.165, 1.54) is 5.56 Å². The van der Waals surface area contributed by atoms with Gasteiger partial charge in [0, 0.05) is 25.1 Å². The standard InChI is InChI=1S/C28H32N6O4/c35-26-12-11-25(27(36)32-26)33-19-21-17-23(9-10-24(21)28(33)37)38-16-4-2-1-3-13-29-18-20-5-7-22(8-6-20)34-30-14-15-31-34/h5-10,14-15,17,25,29H,1-4,11-13,16,18-19H2,(H,32,35,36). The third-order valence-corrected chi connectivity index (χ3v) is 6.93. The first-order chi connectivity index (χ1) is 18.6. The van der Waals surface area contributed by atoms with Crippen molar-refractivity contribution < 1.29 is 19.1 Å². The molecule has 3 heterocycles. The molecule has 10 nitrogen and oxygen atoms in total. The Hall–Kier alpha value is -4.05. The minimum atomic E-state index is -0.600. The normalized spacial score (nSPS) is 17.0. The fourth-order valence-electron chi connectivity index (χ4n) is 4.87. The van der Waals surface area contributed by atoms with Crippen LogP contribution in [-0.4, -0.2) is 56.8 Å². The summed E-state index contributed by atoms with van der Waals surface area (Å²) < 4.78 is 5.92. The monoisotopic (exact) mass is 516 g/mol. The van der Waals surface area contributed by atoms with Crippen LogP contribution in [0.1, 0.15) is 60.0 Å². The molecule has 5 rings (SSSR count). The van der Waals surface area contributed by atoms with Gasteiger partial charge in [0.2, 0.25) is 11.8 Å². The van der Waals surface area contributed by atoms with Crippen molar-refractivity contribution in [2.75, 3.05) is 13.2 Å². The Kier molecular flexibility index (Phi) is 8.08. The zero-order valence-electron chi connectivity index (χ0n) is 21.3. The van der Waals surface area contributed by atoms with Gasteiger partial charge in [0.15, 0.2) is 0 Å². The summed E-state index contributed by atoms with van der Waals surface area (Å²) in [6.45, 7) is 2.77. The molecular weight excluding hydrogens is 484 g/mol. The van der Waals surface area contributed by atoms with Gasteiger partial charge < -0.3 is 15.0 Å². The molecule has 1 saturated heterocycles. The predicted octanol–water partition coefficient (Wildman–Crippen LogP) is 2.76. The Bertz CT molecular complexity index is 1280. The van der Waals surface area contributed by atoms with Crippen LogP contribution in [0.25, 0.3) is 5.69 Å². The van der Waals surface area contributed by atoms with Crippen molar-refractivity contribution in [1.29, 1.82) is 0 Å². The summed E-state index contributed by atoms with van der Waals surface area (Å²) in [4.78, 5) is 39.6. The van der Waals surface area contributed by atoms with Crippen molar-refractivity contribution in [3.63, 3.8) is 0 Å². The second-order valence-electron chi connectivity index (χ2n) is 9.64. The van der Waals surface area contributed by atoms with Crippen molar-refractivity contribution >= 4 is 17.7 Å². The number of benzene rings is 2. The van der Waals surface area contributed by atoms with E-state index in [2.05, 4.69) is 33.0 Å². The molecule has 2 aromatic carbocycles. The topological polar surface area (TPSA) is 118 Å². The highest BCUT2D eigenvalue weighted by atomic mass is 16.5. The van der Waals surface area contributed by atoms with Gasteiger partial charge in [-0.25, -0.2) is 0 Å². The van der Waals surface area contributed by atoms with Crippen LogP contribution >= 0.6 is 0 Å². The van der Waals surface area contributed by atoms with E-state index < -0.39 is 11.9 Å². The van der Waals surface area contributed by atoms with E-state index in [4.69, 9.17) is 4.74 Å². The number of rotatable bonds is 12. The maximum atomic E-state index is 12.8. The van der Waals surface area contributed by atoms with Gasteiger partial charge in [0.25, 0.3) is 5.91 Å². The lowest BCUT2D eigenvalue weighted by Crippen LogP contribution is -2.52. The Labute approximate surface area is 221 Å². The molecule has 0 spiro atoms. The van der Waals surface area contributed by atoms with Crippen molar-refractivity contribution in [2.24, 2.45) is 0 Å². The number of hydrogen-bond acceptors (Lipinski definition) is 7. The molecule has 3 aromatic rings. The molecule has 198 valence electrons. The molecule has 0 aliphatic carbocycles. The maximum Gasteiger partial charge on any atom is 0.255 e. The van der Waals surface area contributed by atoms with E-state index in [9.17, 15) is 14.4 Å². The number of aromatic nitrogens is 3. The number of fused-ring (bicyclic) bond motifs is 1. The van der Waals surface area contributed by atoms with Gasteiger partial charge >= 0.3 is 0 Å². The van der Waals surface area contributed by atoms with Crippen LogP contribution in [0.5, 0.6) is 5.75 Å². The number of piperidine rings is 1. The number of unbranched alkanes of at least 4 members (excludes halogenated alkanes) is 3.